The third kappa shape index (κ3) is 5.08. The van der Waals surface area contributed by atoms with Gasteiger partial charge in [0, 0.05) is 24.1 Å². The van der Waals surface area contributed by atoms with Gasteiger partial charge in [-0.1, -0.05) is 25.1 Å². The number of para-hydroxylation sites is 1. The monoisotopic (exact) mass is 341 g/mol. The molecule has 132 valence electrons. The summed E-state index contributed by atoms with van der Waals surface area (Å²) >= 11 is 0. The molecule has 1 N–H and O–H groups in total. The van der Waals surface area contributed by atoms with E-state index in [0.717, 1.165) is 11.3 Å². The van der Waals surface area contributed by atoms with Crippen molar-refractivity contribution in [3.63, 3.8) is 0 Å². The van der Waals surface area contributed by atoms with E-state index in [-0.39, 0.29) is 11.7 Å². The normalized spacial score (nSPS) is 11.5. The first-order chi connectivity index (χ1) is 12.0. The van der Waals surface area contributed by atoms with Gasteiger partial charge in [-0.2, -0.15) is 0 Å². The molecule has 1 atom stereocenters. The van der Waals surface area contributed by atoms with Crippen LogP contribution in [0.5, 0.6) is 11.5 Å². The molecule has 0 aromatic heterocycles. The molecule has 0 aliphatic heterocycles. The van der Waals surface area contributed by atoms with Crippen LogP contribution in [0.4, 0.5) is 0 Å². The maximum absolute atomic E-state index is 12.2. The van der Waals surface area contributed by atoms with Crippen LogP contribution in [0, 0.1) is 0 Å². The molecule has 0 spiro atoms. The minimum Gasteiger partial charge on any atom is -0.496 e. The Bertz CT molecular complexity index is 725. The van der Waals surface area contributed by atoms with Crippen LogP contribution in [0.25, 0.3) is 0 Å². The van der Waals surface area contributed by atoms with Crippen LogP contribution in [0.15, 0.2) is 48.5 Å². The lowest BCUT2D eigenvalue weighted by Crippen LogP contribution is -2.36. The van der Waals surface area contributed by atoms with Crippen molar-refractivity contribution in [1.29, 1.82) is 0 Å². The standard InChI is InChI=1S/C20H23NO4/c1-4-18(22)15-9-11-17(12-10-15)25-14(2)20(23)21-13-16-7-5-6-8-19(16)24-3/h5-12,14H,4,13H2,1-3H3,(H,21,23). The van der Waals surface area contributed by atoms with E-state index in [0.29, 0.717) is 24.3 Å². The van der Waals surface area contributed by atoms with E-state index >= 15 is 0 Å². The van der Waals surface area contributed by atoms with E-state index in [2.05, 4.69) is 5.32 Å². The molecular formula is C20H23NO4. The summed E-state index contributed by atoms with van der Waals surface area (Å²) in [6.45, 7) is 3.87. The number of nitrogens with one attached hydrogen (secondary N) is 1. The summed E-state index contributed by atoms with van der Waals surface area (Å²) < 4.78 is 10.9. The van der Waals surface area contributed by atoms with Gasteiger partial charge in [0.05, 0.1) is 7.11 Å². The number of benzene rings is 2. The Morgan fingerprint density at radius 1 is 1.08 bits per heavy atom. The van der Waals surface area contributed by atoms with E-state index in [4.69, 9.17) is 9.47 Å². The fourth-order valence-electron chi connectivity index (χ4n) is 2.36. The molecular weight excluding hydrogens is 318 g/mol. The van der Waals surface area contributed by atoms with Crippen molar-refractivity contribution in [3.8, 4) is 11.5 Å². The molecule has 0 saturated carbocycles. The molecule has 2 rings (SSSR count). The SMILES string of the molecule is CCC(=O)c1ccc(OC(C)C(=O)NCc2ccccc2OC)cc1. The number of hydrogen-bond acceptors (Lipinski definition) is 4. The van der Waals surface area contributed by atoms with Crippen LogP contribution in [-0.2, 0) is 11.3 Å². The minimum absolute atomic E-state index is 0.0779. The third-order valence-electron chi connectivity index (χ3n) is 3.83. The fourth-order valence-corrected chi connectivity index (χ4v) is 2.36. The van der Waals surface area contributed by atoms with Gasteiger partial charge in [0.1, 0.15) is 11.5 Å². The molecule has 0 aliphatic rings. The second-order valence-corrected chi connectivity index (χ2v) is 5.59. The fraction of sp³-hybridized carbons (Fsp3) is 0.300. The number of methoxy groups -OCH3 is 1. The zero-order valence-electron chi connectivity index (χ0n) is 14.7. The van der Waals surface area contributed by atoms with E-state index in [1.807, 2.05) is 31.2 Å². The van der Waals surface area contributed by atoms with Crippen LogP contribution in [0.2, 0.25) is 0 Å². The van der Waals surface area contributed by atoms with Crippen molar-refractivity contribution in [3.05, 3.63) is 59.7 Å². The largest absolute Gasteiger partial charge is 0.496 e. The number of hydrogen-bond donors (Lipinski definition) is 1. The van der Waals surface area contributed by atoms with Gasteiger partial charge in [-0.3, -0.25) is 9.59 Å². The Balaban J connectivity index is 1.90. The highest BCUT2D eigenvalue weighted by atomic mass is 16.5. The summed E-state index contributed by atoms with van der Waals surface area (Å²) in [5.74, 6) is 1.13. The second kappa shape index (κ2) is 8.87. The highest BCUT2D eigenvalue weighted by Crippen LogP contribution is 2.17. The quantitative estimate of drug-likeness (QED) is 0.748. The smallest absolute Gasteiger partial charge is 0.261 e. The number of rotatable bonds is 8. The van der Waals surface area contributed by atoms with Crippen LogP contribution >= 0.6 is 0 Å². The Morgan fingerprint density at radius 3 is 2.40 bits per heavy atom. The average Bonchev–Trinajstić information content (AvgIpc) is 2.66. The van der Waals surface area contributed by atoms with Gasteiger partial charge in [0.25, 0.3) is 5.91 Å². The van der Waals surface area contributed by atoms with Crippen LogP contribution in [0.1, 0.15) is 36.2 Å². The second-order valence-electron chi connectivity index (χ2n) is 5.59. The molecule has 0 fully saturated rings. The predicted molar refractivity (Wildman–Crippen MR) is 96.0 cm³/mol. The Hall–Kier alpha value is -2.82. The van der Waals surface area contributed by atoms with E-state index in [9.17, 15) is 9.59 Å². The van der Waals surface area contributed by atoms with Crippen molar-refractivity contribution in [2.24, 2.45) is 0 Å². The molecule has 0 aliphatic carbocycles. The van der Waals surface area contributed by atoms with Crippen molar-refractivity contribution in [2.75, 3.05) is 7.11 Å². The zero-order valence-corrected chi connectivity index (χ0v) is 14.7. The van der Waals surface area contributed by atoms with Crippen molar-refractivity contribution < 1.29 is 19.1 Å². The molecule has 5 nitrogen and oxygen atoms in total. The van der Waals surface area contributed by atoms with Gasteiger partial charge in [0.2, 0.25) is 0 Å². The number of carbonyl (C=O) groups excluding carboxylic acids is 2. The van der Waals surface area contributed by atoms with Gasteiger partial charge in [-0.25, -0.2) is 0 Å². The number of ketones is 1. The molecule has 1 unspecified atom stereocenters. The number of Topliss-reactive ketones (excluding diaryl/α,β-unsaturated/α-hetero) is 1. The Labute approximate surface area is 148 Å². The molecule has 0 saturated heterocycles. The number of amides is 1. The minimum atomic E-state index is -0.651. The number of ether oxygens (including phenoxy) is 2. The number of carbonyl (C=O) groups is 2. The molecule has 0 heterocycles. The highest BCUT2D eigenvalue weighted by molar-refractivity contribution is 5.95. The van der Waals surface area contributed by atoms with Gasteiger partial charge in [0.15, 0.2) is 11.9 Å². The Kier molecular flexibility index (Phi) is 6.57. The van der Waals surface area contributed by atoms with Crippen molar-refractivity contribution >= 4 is 11.7 Å². The van der Waals surface area contributed by atoms with Gasteiger partial charge in [-0.15, -0.1) is 0 Å². The topological polar surface area (TPSA) is 64.6 Å². The summed E-state index contributed by atoms with van der Waals surface area (Å²) in [6, 6.07) is 14.3. The zero-order chi connectivity index (χ0) is 18.2. The molecule has 25 heavy (non-hydrogen) atoms. The summed E-state index contributed by atoms with van der Waals surface area (Å²) in [4.78, 5) is 23.8. The van der Waals surface area contributed by atoms with Crippen molar-refractivity contribution in [1.82, 2.24) is 5.32 Å². The van der Waals surface area contributed by atoms with E-state index in [1.165, 1.54) is 0 Å². The molecule has 0 radical (unpaired) electrons. The maximum atomic E-state index is 12.2. The Morgan fingerprint density at radius 2 is 1.76 bits per heavy atom. The van der Waals surface area contributed by atoms with Crippen LogP contribution in [-0.4, -0.2) is 24.9 Å². The molecule has 0 bridgehead atoms. The molecule has 2 aromatic carbocycles. The summed E-state index contributed by atoms with van der Waals surface area (Å²) in [5, 5.41) is 2.83. The summed E-state index contributed by atoms with van der Waals surface area (Å²) in [7, 11) is 1.60. The van der Waals surface area contributed by atoms with Crippen LogP contribution in [0.3, 0.4) is 0 Å². The lowest BCUT2D eigenvalue weighted by molar-refractivity contribution is -0.127. The first kappa shape index (κ1) is 18.5. The van der Waals surface area contributed by atoms with E-state index in [1.54, 1.807) is 38.3 Å². The third-order valence-corrected chi connectivity index (χ3v) is 3.83. The van der Waals surface area contributed by atoms with Gasteiger partial charge < -0.3 is 14.8 Å². The van der Waals surface area contributed by atoms with E-state index < -0.39 is 6.10 Å². The average molecular weight is 341 g/mol. The maximum Gasteiger partial charge on any atom is 0.261 e. The molecule has 2 aromatic rings. The summed E-state index contributed by atoms with van der Waals surface area (Å²) in [6.07, 6.45) is -0.190. The lowest BCUT2D eigenvalue weighted by Gasteiger charge is -2.15. The molecule has 1 amide bonds. The first-order valence-corrected chi connectivity index (χ1v) is 8.24. The van der Waals surface area contributed by atoms with Gasteiger partial charge in [-0.05, 0) is 37.3 Å². The predicted octanol–water partition coefficient (Wildman–Crippen LogP) is 3.37. The first-order valence-electron chi connectivity index (χ1n) is 8.24. The summed E-state index contributed by atoms with van der Waals surface area (Å²) in [5.41, 5.74) is 1.54. The van der Waals surface area contributed by atoms with Crippen molar-refractivity contribution in [2.45, 2.75) is 32.9 Å². The molecule has 5 heteroatoms. The van der Waals surface area contributed by atoms with Crippen LogP contribution < -0.4 is 14.8 Å². The van der Waals surface area contributed by atoms with Gasteiger partial charge >= 0.3 is 0 Å². The lowest BCUT2D eigenvalue weighted by atomic mass is 10.1. The highest BCUT2D eigenvalue weighted by Gasteiger charge is 2.15.